The second-order valence-corrected chi connectivity index (χ2v) is 8.59. The van der Waals surface area contributed by atoms with E-state index in [1.54, 1.807) is 41.4 Å². The maximum Gasteiger partial charge on any atom is 0.322 e. The molecule has 0 aliphatic heterocycles. The first-order chi connectivity index (χ1) is 16.9. The smallest absolute Gasteiger partial charge is 0.322 e. The van der Waals surface area contributed by atoms with Gasteiger partial charge in [0.1, 0.15) is 5.69 Å². The molecule has 4 N–H and O–H groups in total. The topological polar surface area (TPSA) is 104 Å². The average molecular weight is 475 g/mol. The molecule has 3 amide bonds. The Kier molecular flexibility index (Phi) is 9.06. The van der Waals surface area contributed by atoms with E-state index in [4.69, 9.17) is 5.73 Å². The molecule has 3 rings (SSSR count). The van der Waals surface area contributed by atoms with E-state index < -0.39 is 0 Å². The van der Waals surface area contributed by atoms with Crippen LogP contribution < -0.4 is 21.3 Å². The van der Waals surface area contributed by atoms with Crippen LogP contribution in [0.3, 0.4) is 0 Å². The number of para-hydroxylation sites is 2. The van der Waals surface area contributed by atoms with Crippen LogP contribution in [0.15, 0.2) is 66.9 Å². The van der Waals surface area contributed by atoms with Crippen LogP contribution in [0.1, 0.15) is 42.2 Å². The van der Waals surface area contributed by atoms with Gasteiger partial charge >= 0.3 is 6.03 Å². The minimum atomic E-state index is -0.340. The molecule has 35 heavy (non-hydrogen) atoms. The molecule has 0 saturated heterocycles. The second kappa shape index (κ2) is 12.4. The van der Waals surface area contributed by atoms with Gasteiger partial charge in [0, 0.05) is 44.8 Å². The summed E-state index contributed by atoms with van der Waals surface area (Å²) in [4.78, 5) is 33.7. The van der Waals surface area contributed by atoms with Crippen LogP contribution in [0.5, 0.6) is 0 Å². The third kappa shape index (κ3) is 7.46. The molecule has 184 valence electrons. The van der Waals surface area contributed by atoms with Gasteiger partial charge in [-0.2, -0.15) is 0 Å². The van der Waals surface area contributed by atoms with E-state index in [-0.39, 0.29) is 17.6 Å². The standard InChI is InChI=1S/C27H34N6O2/c1-4-5-8-17-33(27(35)30-21-12-14-22(15-13-21)32(2)3)19-20-11-16-25(29-18-20)26(34)31-24-10-7-6-9-23(24)28/h6-7,9-16,18H,4-5,8,17,19,28H2,1-3H3,(H,30,35)(H,31,34). The van der Waals surface area contributed by atoms with E-state index in [2.05, 4.69) is 22.5 Å². The number of hydrogen-bond acceptors (Lipinski definition) is 5. The van der Waals surface area contributed by atoms with Gasteiger partial charge in [0.05, 0.1) is 11.4 Å². The Balaban J connectivity index is 1.66. The van der Waals surface area contributed by atoms with E-state index in [0.717, 1.165) is 36.2 Å². The van der Waals surface area contributed by atoms with Crippen molar-refractivity contribution in [2.45, 2.75) is 32.7 Å². The quantitative estimate of drug-likeness (QED) is 0.277. The van der Waals surface area contributed by atoms with Crippen molar-refractivity contribution in [2.75, 3.05) is 41.9 Å². The van der Waals surface area contributed by atoms with Crippen molar-refractivity contribution in [3.05, 3.63) is 78.1 Å². The van der Waals surface area contributed by atoms with E-state index in [9.17, 15) is 9.59 Å². The van der Waals surface area contributed by atoms with Gasteiger partial charge in [-0.1, -0.05) is 38.0 Å². The Morgan fingerprint density at radius 2 is 1.69 bits per heavy atom. The largest absolute Gasteiger partial charge is 0.397 e. The number of aromatic nitrogens is 1. The van der Waals surface area contributed by atoms with Crippen LogP contribution in [0.2, 0.25) is 0 Å². The summed E-state index contributed by atoms with van der Waals surface area (Å²) in [6, 6.07) is 18.1. The van der Waals surface area contributed by atoms with Crippen molar-refractivity contribution in [1.82, 2.24) is 9.88 Å². The van der Waals surface area contributed by atoms with Gasteiger partial charge in [-0.3, -0.25) is 9.78 Å². The molecule has 1 heterocycles. The lowest BCUT2D eigenvalue weighted by molar-refractivity contribution is 0.102. The summed E-state index contributed by atoms with van der Waals surface area (Å²) in [6.45, 7) is 3.16. The molecule has 0 unspecified atom stereocenters. The number of carbonyl (C=O) groups excluding carboxylic acids is 2. The Labute approximate surface area is 207 Å². The van der Waals surface area contributed by atoms with Gasteiger partial charge < -0.3 is 26.2 Å². The van der Waals surface area contributed by atoms with Gasteiger partial charge in [0.15, 0.2) is 0 Å². The number of pyridine rings is 1. The average Bonchev–Trinajstić information content (AvgIpc) is 2.85. The predicted molar refractivity (Wildman–Crippen MR) is 143 cm³/mol. The Morgan fingerprint density at radius 1 is 0.943 bits per heavy atom. The maximum absolute atomic E-state index is 13.0. The van der Waals surface area contributed by atoms with Crippen LogP contribution in [0.4, 0.5) is 27.5 Å². The number of hydrogen-bond donors (Lipinski definition) is 3. The Bertz CT molecular complexity index is 1110. The molecule has 2 aromatic carbocycles. The third-order valence-electron chi connectivity index (χ3n) is 5.59. The highest BCUT2D eigenvalue weighted by Crippen LogP contribution is 2.19. The highest BCUT2D eigenvalue weighted by Gasteiger charge is 2.16. The Morgan fingerprint density at radius 3 is 2.31 bits per heavy atom. The van der Waals surface area contributed by atoms with Crippen molar-refractivity contribution < 1.29 is 9.59 Å². The molecule has 0 aliphatic rings. The lowest BCUT2D eigenvalue weighted by atomic mass is 10.2. The maximum atomic E-state index is 13.0. The number of amides is 3. The molecule has 0 radical (unpaired) electrons. The first-order valence-corrected chi connectivity index (χ1v) is 11.8. The second-order valence-electron chi connectivity index (χ2n) is 8.59. The highest BCUT2D eigenvalue weighted by atomic mass is 16.2. The molecule has 1 aromatic heterocycles. The summed E-state index contributed by atoms with van der Waals surface area (Å²) in [5.41, 5.74) is 9.86. The fourth-order valence-electron chi connectivity index (χ4n) is 3.52. The molecule has 0 aliphatic carbocycles. The van der Waals surface area contributed by atoms with Crippen molar-refractivity contribution >= 4 is 34.7 Å². The first kappa shape index (κ1) is 25.6. The van der Waals surface area contributed by atoms with Crippen LogP contribution in [0, 0.1) is 0 Å². The van der Waals surface area contributed by atoms with Gasteiger partial charge in [0.2, 0.25) is 0 Å². The number of anilines is 4. The predicted octanol–water partition coefficient (Wildman–Crippen LogP) is 5.21. The minimum Gasteiger partial charge on any atom is -0.397 e. The molecular formula is C27H34N6O2. The minimum absolute atomic E-state index is 0.167. The number of nitrogen functional groups attached to an aromatic ring is 1. The summed E-state index contributed by atoms with van der Waals surface area (Å²) in [6.07, 6.45) is 4.66. The van der Waals surface area contributed by atoms with Crippen molar-refractivity contribution in [3.63, 3.8) is 0 Å². The van der Waals surface area contributed by atoms with E-state index >= 15 is 0 Å². The van der Waals surface area contributed by atoms with Crippen LogP contribution >= 0.6 is 0 Å². The van der Waals surface area contributed by atoms with Crippen molar-refractivity contribution in [1.29, 1.82) is 0 Å². The molecule has 3 aromatic rings. The SMILES string of the molecule is CCCCCN(Cc1ccc(C(=O)Nc2ccccc2N)nc1)C(=O)Nc1ccc(N(C)C)cc1. The summed E-state index contributed by atoms with van der Waals surface area (Å²) in [5, 5.41) is 5.76. The summed E-state index contributed by atoms with van der Waals surface area (Å²) >= 11 is 0. The van der Waals surface area contributed by atoms with Crippen LogP contribution in [0.25, 0.3) is 0 Å². The lowest BCUT2D eigenvalue weighted by Gasteiger charge is -2.23. The van der Waals surface area contributed by atoms with Crippen molar-refractivity contribution in [2.24, 2.45) is 0 Å². The number of benzene rings is 2. The van der Waals surface area contributed by atoms with Gasteiger partial charge in [-0.15, -0.1) is 0 Å². The number of unbranched alkanes of at least 4 members (excludes halogenated alkanes) is 2. The molecule has 8 heteroatoms. The summed E-state index contributed by atoms with van der Waals surface area (Å²) < 4.78 is 0. The van der Waals surface area contributed by atoms with Crippen LogP contribution in [-0.2, 0) is 6.54 Å². The van der Waals surface area contributed by atoms with E-state index in [1.807, 2.05) is 49.3 Å². The number of rotatable bonds is 10. The zero-order valence-electron chi connectivity index (χ0n) is 20.6. The Hall–Kier alpha value is -4.07. The molecule has 0 spiro atoms. The van der Waals surface area contributed by atoms with E-state index in [1.165, 1.54) is 0 Å². The van der Waals surface area contributed by atoms with Gasteiger partial charge in [0.25, 0.3) is 5.91 Å². The molecule has 0 atom stereocenters. The normalized spacial score (nSPS) is 10.5. The highest BCUT2D eigenvalue weighted by molar-refractivity contribution is 6.04. The van der Waals surface area contributed by atoms with Crippen molar-refractivity contribution in [3.8, 4) is 0 Å². The summed E-state index contributed by atoms with van der Waals surface area (Å²) in [5.74, 6) is -0.340. The summed E-state index contributed by atoms with van der Waals surface area (Å²) in [7, 11) is 3.95. The fourth-order valence-corrected chi connectivity index (χ4v) is 3.52. The van der Waals surface area contributed by atoms with Crippen LogP contribution in [-0.4, -0.2) is 42.5 Å². The zero-order valence-corrected chi connectivity index (χ0v) is 20.6. The molecule has 0 fully saturated rings. The molecule has 0 bridgehead atoms. The fraction of sp³-hybridized carbons (Fsp3) is 0.296. The van der Waals surface area contributed by atoms with Gasteiger partial charge in [-0.05, 0) is 54.4 Å². The number of urea groups is 1. The van der Waals surface area contributed by atoms with E-state index in [0.29, 0.717) is 24.5 Å². The number of carbonyl (C=O) groups is 2. The zero-order chi connectivity index (χ0) is 25.2. The third-order valence-corrected chi connectivity index (χ3v) is 5.59. The molecule has 8 nitrogen and oxygen atoms in total. The number of nitrogens with zero attached hydrogens (tertiary/aromatic N) is 3. The number of nitrogens with two attached hydrogens (primary N) is 1. The monoisotopic (exact) mass is 474 g/mol. The lowest BCUT2D eigenvalue weighted by Crippen LogP contribution is -2.35. The number of nitrogens with one attached hydrogen (secondary N) is 2. The van der Waals surface area contributed by atoms with Gasteiger partial charge in [-0.25, -0.2) is 4.79 Å². The molecular weight excluding hydrogens is 440 g/mol. The first-order valence-electron chi connectivity index (χ1n) is 11.8. The molecule has 0 saturated carbocycles.